The zero-order chi connectivity index (χ0) is 18.4. The quantitative estimate of drug-likeness (QED) is 0.837. The van der Waals surface area contributed by atoms with E-state index in [1.807, 2.05) is 17.0 Å². The number of rotatable bonds is 3. The van der Waals surface area contributed by atoms with Gasteiger partial charge < -0.3 is 14.4 Å². The second-order valence-electron chi connectivity index (χ2n) is 8.25. The summed E-state index contributed by atoms with van der Waals surface area (Å²) in [5.74, 6) is 2.72. The average molecular weight is 365 g/mol. The van der Waals surface area contributed by atoms with Gasteiger partial charge in [0.1, 0.15) is 5.82 Å². The van der Waals surface area contributed by atoms with Crippen LogP contribution < -0.4 is 4.90 Å². The molecule has 0 unspecified atom stereocenters. The fourth-order valence-corrected chi connectivity index (χ4v) is 4.49. The van der Waals surface area contributed by atoms with Crippen LogP contribution in [0.1, 0.15) is 73.0 Å². The smallest absolute Gasteiger partial charge is 0.254 e. The third kappa shape index (κ3) is 3.11. The first kappa shape index (κ1) is 16.8. The molecule has 5 rings (SSSR count). The summed E-state index contributed by atoms with van der Waals surface area (Å²) in [6.07, 6.45) is 6.28. The predicted molar refractivity (Wildman–Crippen MR) is 104 cm³/mol. The van der Waals surface area contributed by atoms with Crippen molar-refractivity contribution in [1.29, 1.82) is 0 Å². The fraction of sp³-hybridized carbons (Fsp3) is 0.571. The van der Waals surface area contributed by atoms with E-state index in [2.05, 4.69) is 38.7 Å². The van der Waals surface area contributed by atoms with Gasteiger partial charge in [-0.25, -0.2) is 0 Å². The molecular formula is C21H27N5O. The standard InChI is InChI=1S/C21H27N5O/c1-15-13-25(14-19-22-23-20(26(15)19)16-5-6-16)21(27)17-7-9-18(10-8-17)24-11-3-2-4-12-24/h7-10,15-16H,2-6,11-14H2,1H3/t15-/m0/s1. The number of amides is 1. The summed E-state index contributed by atoms with van der Waals surface area (Å²) in [6.45, 7) is 5.68. The molecular weight excluding hydrogens is 338 g/mol. The number of anilines is 1. The van der Waals surface area contributed by atoms with Gasteiger partial charge in [0.25, 0.3) is 5.91 Å². The molecule has 3 heterocycles. The summed E-state index contributed by atoms with van der Waals surface area (Å²) in [5.41, 5.74) is 1.99. The van der Waals surface area contributed by atoms with Crippen molar-refractivity contribution in [1.82, 2.24) is 19.7 Å². The Bertz CT molecular complexity index is 833. The Labute approximate surface area is 160 Å². The number of aromatic nitrogens is 3. The normalized spacial score (nSPS) is 22.6. The van der Waals surface area contributed by atoms with Crippen molar-refractivity contribution in [3.05, 3.63) is 41.5 Å². The van der Waals surface area contributed by atoms with Crippen molar-refractivity contribution >= 4 is 11.6 Å². The topological polar surface area (TPSA) is 54.3 Å². The highest BCUT2D eigenvalue weighted by atomic mass is 16.2. The van der Waals surface area contributed by atoms with Crippen molar-refractivity contribution in [2.24, 2.45) is 0 Å². The minimum atomic E-state index is 0.0919. The predicted octanol–water partition coefficient (Wildman–Crippen LogP) is 3.36. The number of piperidine rings is 1. The van der Waals surface area contributed by atoms with Crippen LogP contribution in [0.3, 0.4) is 0 Å². The average Bonchev–Trinajstić information content (AvgIpc) is 3.47. The number of hydrogen-bond donors (Lipinski definition) is 0. The second-order valence-corrected chi connectivity index (χ2v) is 8.25. The van der Waals surface area contributed by atoms with E-state index < -0.39 is 0 Å². The van der Waals surface area contributed by atoms with Crippen molar-refractivity contribution in [3.8, 4) is 0 Å². The van der Waals surface area contributed by atoms with E-state index in [0.717, 1.165) is 36.8 Å². The first-order chi connectivity index (χ1) is 13.2. The lowest BCUT2D eigenvalue weighted by molar-refractivity contribution is 0.0679. The molecule has 1 aromatic carbocycles. The summed E-state index contributed by atoms with van der Waals surface area (Å²) >= 11 is 0. The van der Waals surface area contributed by atoms with E-state index in [1.54, 1.807) is 0 Å². The van der Waals surface area contributed by atoms with Gasteiger partial charge >= 0.3 is 0 Å². The molecule has 1 aliphatic carbocycles. The van der Waals surface area contributed by atoms with Gasteiger partial charge in [-0.3, -0.25) is 4.79 Å². The zero-order valence-corrected chi connectivity index (χ0v) is 16.0. The highest BCUT2D eigenvalue weighted by Gasteiger charge is 2.35. The minimum Gasteiger partial charge on any atom is -0.372 e. The van der Waals surface area contributed by atoms with Gasteiger partial charge in [-0.05, 0) is 63.3 Å². The number of fused-ring (bicyclic) bond motifs is 1. The number of nitrogens with zero attached hydrogens (tertiary/aromatic N) is 5. The van der Waals surface area contributed by atoms with Crippen LogP contribution >= 0.6 is 0 Å². The highest BCUT2D eigenvalue weighted by Crippen LogP contribution is 2.41. The second kappa shape index (κ2) is 6.66. The van der Waals surface area contributed by atoms with Crippen LogP contribution in [0.5, 0.6) is 0 Å². The summed E-state index contributed by atoms with van der Waals surface area (Å²) < 4.78 is 2.26. The van der Waals surface area contributed by atoms with E-state index >= 15 is 0 Å². The molecule has 1 saturated heterocycles. The summed E-state index contributed by atoms with van der Waals surface area (Å²) in [6, 6.07) is 8.38. The van der Waals surface area contributed by atoms with E-state index in [0.29, 0.717) is 12.5 Å². The van der Waals surface area contributed by atoms with Crippen LogP contribution in [0.2, 0.25) is 0 Å². The molecule has 6 heteroatoms. The van der Waals surface area contributed by atoms with E-state index in [1.165, 1.54) is 37.8 Å². The number of hydrogen-bond acceptors (Lipinski definition) is 4. The maximum absolute atomic E-state index is 13.1. The van der Waals surface area contributed by atoms with Crippen LogP contribution in [0.4, 0.5) is 5.69 Å². The zero-order valence-electron chi connectivity index (χ0n) is 16.0. The van der Waals surface area contributed by atoms with Gasteiger partial charge in [-0.2, -0.15) is 0 Å². The van der Waals surface area contributed by atoms with Crippen molar-refractivity contribution in [2.75, 3.05) is 24.5 Å². The van der Waals surface area contributed by atoms with E-state index in [4.69, 9.17) is 0 Å². The van der Waals surface area contributed by atoms with Gasteiger partial charge in [0, 0.05) is 36.8 Å². The van der Waals surface area contributed by atoms with Crippen molar-refractivity contribution in [3.63, 3.8) is 0 Å². The van der Waals surface area contributed by atoms with E-state index in [9.17, 15) is 4.79 Å². The highest BCUT2D eigenvalue weighted by molar-refractivity contribution is 5.94. The first-order valence-electron chi connectivity index (χ1n) is 10.3. The van der Waals surface area contributed by atoms with Gasteiger partial charge in [0.2, 0.25) is 0 Å². The van der Waals surface area contributed by atoms with Crippen LogP contribution in [-0.2, 0) is 6.54 Å². The van der Waals surface area contributed by atoms with E-state index in [-0.39, 0.29) is 11.9 Å². The third-order valence-electron chi connectivity index (χ3n) is 6.12. The van der Waals surface area contributed by atoms with Crippen LogP contribution in [0, 0.1) is 0 Å². The molecule has 2 aromatic rings. The molecule has 0 N–H and O–H groups in total. The van der Waals surface area contributed by atoms with Gasteiger partial charge in [-0.1, -0.05) is 0 Å². The maximum Gasteiger partial charge on any atom is 0.254 e. The lowest BCUT2D eigenvalue weighted by Gasteiger charge is -2.33. The molecule has 2 aliphatic heterocycles. The molecule has 142 valence electrons. The molecule has 1 aromatic heterocycles. The summed E-state index contributed by atoms with van der Waals surface area (Å²) in [7, 11) is 0. The number of carbonyl (C=O) groups is 1. The monoisotopic (exact) mass is 365 g/mol. The van der Waals surface area contributed by atoms with Crippen LogP contribution in [0.25, 0.3) is 0 Å². The molecule has 1 atom stereocenters. The largest absolute Gasteiger partial charge is 0.372 e. The third-order valence-corrected chi connectivity index (χ3v) is 6.12. The first-order valence-corrected chi connectivity index (χ1v) is 10.3. The Morgan fingerprint density at radius 2 is 1.78 bits per heavy atom. The number of carbonyl (C=O) groups excluding carboxylic acids is 1. The molecule has 2 fully saturated rings. The molecule has 1 saturated carbocycles. The molecule has 0 bridgehead atoms. The Kier molecular flexibility index (Phi) is 4.14. The Morgan fingerprint density at radius 1 is 1.04 bits per heavy atom. The Balaban J connectivity index is 1.32. The molecule has 1 amide bonds. The molecule has 3 aliphatic rings. The summed E-state index contributed by atoms with van der Waals surface area (Å²) in [5, 5.41) is 8.79. The maximum atomic E-state index is 13.1. The Hall–Kier alpha value is -2.37. The van der Waals surface area contributed by atoms with Crippen molar-refractivity contribution in [2.45, 2.75) is 57.5 Å². The van der Waals surface area contributed by atoms with Crippen molar-refractivity contribution < 1.29 is 4.79 Å². The molecule has 6 nitrogen and oxygen atoms in total. The summed E-state index contributed by atoms with van der Waals surface area (Å²) in [4.78, 5) is 17.4. The molecule has 27 heavy (non-hydrogen) atoms. The lowest BCUT2D eigenvalue weighted by Crippen LogP contribution is -2.40. The lowest BCUT2D eigenvalue weighted by atomic mass is 10.1. The molecule has 0 radical (unpaired) electrons. The Morgan fingerprint density at radius 3 is 2.48 bits per heavy atom. The fourth-order valence-electron chi connectivity index (χ4n) is 4.49. The van der Waals surface area contributed by atoms with Crippen LogP contribution in [0.15, 0.2) is 24.3 Å². The van der Waals surface area contributed by atoms with Gasteiger partial charge in [0.05, 0.1) is 12.6 Å². The SMILES string of the molecule is C[C@H]1CN(C(=O)c2ccc(N3CCCCC3)cc2)Cc2nnc(C3CC3)n21. The van der Waals surface area contributed by atoms with Crippen LogP contribution in [-0.4, -0.2) is 45.2 Å². The minimum absolute atomic E-state index is 0.0919. The molecule has 0 spiro atoms. The van der Waals surface area contributed by atoms with Gasteiger partial charge in [-0.15, -0.1) is 10.2 Å². The number of benzene rings is 1. The van der Waals surface area contributed by atoms with Gasteiger partial charge in [0.15, 0.2) is 5.82 Å².